The first-order chi connectivity index (χ1) is 15.8. The maximum atomic E-state index is 12.8. The molecule has 0 aromatic heterocycles. The summed E-state index contributed by atoms with van der Waals surface area (Å²) in [7, 11) is -2.11. The molecule has 10 heteroatoms. The molecule has 0 radical (unpaired) electrons. The van der Waals surface area contributed by atoms with Crippen molar-refractivity contribution in [3.63, 3.8) is 0 Å². The highest BCUT2D eigenvalue weighted by Gasteiger charge is 2.32. The van der Waals surface area contributed by atoms with Gasteiger partial charge < -0.3 is 20.1 Å². The molecule has 2 aromatic carbocycles. The van der Waals surface area contributed by atoms with Gasteiger partial charge in [-0.05, 0) is 68.3 Å². The minimum Gasteiger partial charge on any atom is -0.497 e. The summed E-state index contributed by atoms with van der Waals surface area (Å²) in [4.78, 5) is 24.8. The van der Waals surface area contributed by atoms with Gasteiger partial charge in [0, 0.05) is 24.7 Å². The third kappa shape index (κ3) is 6.45. The second-order valence-electron chi connectivity index (χ2n) is 7.58. The summed E-state index contributed by atoms with van der Waals surface area (Å²) < 4.78 is 37.5. The van der Waals surface area contributed by atoms with E-state index in [0.717, 1.165) is 0 Å². The molecule has 9 nitrogen and oxygen atoms in total. The molecule has 0 atom stereocenters. The Balaban J connectivity index is 1.45. The SMILES string of the molecule is CCOc1ccc(NC(=O)CNC(=O)C2CCN(S(=O)(=O)c3ccc(OC)cc3)CC2)cc1. The van der Waals surface area contributed by atoms with E-state index in [-0.39, 0.29) is 42.3 Å². The maximum absolute atomic E-state index is 12.8. The monoisotopic (exact) mass is 475 g/mol. The standard InChI is InChI=1S/C23H29N3O6S/c1-3-32-20-6-4-18(5-7-20)25-22(27)16-24-23(28)17-12-14-26(15-13-17)33(29,30)21-10-8-19(31-2)9-11-21/h4-11,17H,3,12-16H2,1-2H3,(H,24,28)(H,25,27). The molecule has 1 aliphatic rings. The third-order valence-electron chi connectivity index (χ3n) is 5.39. The first-order valence-electron chi connectivity index (χ1n) is 10.8. The molecule has 2 aromatic rings. The van der Waals surface area contributed by atoms with Crippen molar-refractivity contribution >= 4 is 27.5 Å². The molecule has 1 aliphatic heterocycles. The van der Waals surface area contributed by atoms with Crippen molar-refractivity contribution < 1.29 is 27.5 Å². The zero-order chi connectivity index (χ0) is 23.8. The number of hydrogen-bond acceptors (Lipinski definition) is 6. The van der Waals surface area contributed by atoms with Gasteiger partial charge in [-0.3, -0.25) is 9.59 Å². The van der Waals surface area contributed by atoms with E-state index < -0.39 is 10.0 Å². The lowest BCUT2D eigenvalue weighted by atomic mass is 9.97. The molecule has 1 saturated heterocycles. The molecule has 0 aliphatic carbocycles. The van der Waals surface area contributed by atoms with E-state index in [1.165, 1.54) is 23.5 Å². The number of carbonyl (C=O) groups excluding carboxylic acids is 2. The van der Waals surface area contributed by atoms with Crippen molar-refractivity contribution in [2.45, 2.75) is 24.7 Å². The Kier molecular flexibility index (Phi) is 8.29. The zero-order valence-electron chi connectivity index (χ0n) is 18.7. The predicted octanol–water partition coefficient (Wildman–Crippen LogP) is 2.25. The first kappa shape index (κ1) is 24.5. The van der Waals surface area contributed by atoms with Gasteiger partial charge in [-0.25, -0.2) is 8.42 Å². The zero-order valence-corrected chi connectivity index (χ0v) is 19.6. The molecule has 33 heavy (non-hydrogen) atoms. The number of amides is 2. The molecule has 1 fully saturated rings. The lowest BCUT2D eigenvalue weighted by Gasteiger charge is -2.30. The van der Waals surface area contributed by atoms with Gasteiger partial charge in [0.15, 0.2) is 0 Å². The second-order valence-corrected chi connectivity index (χ2v) is 9.52. The molecule has 3 rings (SSSR count). The van der Waals surface area contributed by atoms with Crippen molar-refractivity contribution in [2.24, 2.45) is 5.92 Å². The summed E-state index contributed by atoms with van der Waals surface area (Å²) >= 11 is 0. The topological polar surface area (TPSA) is 114 Å². The Morgan fingerprint density at radius 1 is 1.00 bits per heavy atom. The van der Waals surface area contributed by atoms with Crippen molar-refractivity contribution in [1.82, 2.24) is 9.62 Å². The Labute approximate surface area is 194 Å². The fourth-order valence-electron chi connectivity index (χ4n) is 3.57. The van der Waals surface area contributed by atoms with Gasteiger partial charge in [0.1, 0.15) is 11.5 Å². The van der Waals surface area contributed by atoms with Crippen molar-refractivity contribution in [1.29, 1.82) is 0 Å². The van der Waals surface area contributed by atoms with Gasteiger partial charge in [-0.1, -0.05) is 0 Å². The number of carbonyl (C=O) groups is 2. The normalized spacial score (nSPS) is 15.0. The highest BCUT2D eigenvalue weighted by atomic mass is 32.2. The smallest absolute Gasteiger partial charge is 0.243 e. The van der Waals surface area contributed by atoms with Gasteiger partial charge in [-0.2, -0.15) is 4.31 Å². The van der Waals surface area contributed by atoms with E-state index in [1.807, 2.05) is 6.92 Å². The minimum atomic E-state index is -3.63. The highest BCUT2D eigenvalue weighted by Crippen LogP contribution is 2.25. The summed E-state index contributed by atoms with van der Waals surface area (Å²) in [6.45, 7) is 2.78. The number of nitrogens with one attached hydrogen (secondary N) is 2. The van der Waals surface area contributed by atoms with Gasteiger partial charge in [0.25, 0.3) is 0 Å². The van der Waals surface area contributed by atoms with Crippen LogP contribution in [0.15, 0.2) is 53.4 Å². The molecule has 2 N–H and O–H groups in total. The van der Waals surface area contributed by atoms with E-state index in [4.69, 9.17) is 9.47 Å². The average molecular weight is 476 g/mol. The van der Waals surface area contributed by atoms with Crippen LogP contribution in [0, 0.1) is 5.92 Å². The largest absolute Gasteiger partial charge is 0.497 e. The number of nitrogens with zero attached hydrogens (tertiary/aromatic N) is 1. The Morgan fingerprint density at radius 2 is 1.61 bits per heavy atom. The van der Waals surface area contributed by atoms with Gasteiger partial charge >= 0.3 is 0 Å². The number of anilines is 1. The van der Waals surface area contributed by atoms with Crippen molar-refractivity contribution in [3.05, 3.63) is 48.5 Å². The van der Waals surface area contributed by atoms with Gasteiger partial charge in [0.2, 0.25) is 21.8 Å². The van der Waals surface area contributed by atoms with Crippen LogP contribution < -0.4 is 20.1 Å². The van der Waals surface area contributed by atoms with E-state index >= 15 is 0 Å². The number of rotatable bonds is 9. The Morgan fingerprint density at radius 3 is 2.18 bits per heavy atom. The van der Waals surface area contributed by atoms with E-state index in [2.05, 4.69) is 10.6 Å². The number of methoxy groups -OCH3 is 1. The maximum Gasteiger partial charge on any atom is 0.243 e. The lowest BCUT2D eigenvalue weighted by Crippen LogP contribution is -2.44. The molecular formula is C23H29N3O6S. The number of sulfonamides is 1. The molecule has 0 unspecified atom stereocenters. The summed E-state index contributed by atoms with van der Waals surface area (Å²) in [6, 6.07) is 13.2. The number of hydrogen-bond donors (Lipinski definition) is 2. The van der Waals surface area contributed by atoms with Crippen LogP contribution in [0.2, 0.25) is 0 Å². The van der Waals surface area contributed by atoms with Crippen LogP contribution in [-0.4, -0.2) is 57.9 Å². The predicted molar refractivity (Wildman–Crippen MR) is 124 cm³/mol. The highest BCUT2D eigenvalue weighted by molar-refractivity contribution is 7.89. The number of benzene rings is 2. The summed E-state index contributed by atoms with van der Waals surface area (Å²) in [5.41, 5.74) is 0.606. The molecule has 1 heterocycles. The molecule has 0 saturated carbocycles. The Hall–Kier alpha value is -3.11. The summed E-state index contributed by atoms with van der Waals surface area (Å²) in [6.07, 6.45) is 0.781. The summed E-state index contributed by atoms with van der Waals surface area (Å²) in [5.74, 6) is 0.357. The molecule has 0 spiro atoms. The average Bonchev–Trinajstić information content (AvgIpc) is 2.84. The minimum absolute atomic E-state index is 0.156. The van der Waals surface area contributed by atoms with Crippen LogP contribution in [0.3, 0.4) is 0 Å². The lowest BCUT2D eigenvalue weighted by molar-refractivity contribution is -0.128. The van der Waals surface area contributed by atoms with Crippen molar-refractivity contribution in [2.75, 3.05) is 38.7 Å². The van der Waals surface area contributed by atoms with Crippen LogP contribution in [-0.2, 0) is 19.6 Å². The molecule has 178 valence electrons. The van der Waals surface area contributed by atoms with E-state index in [1.54, 1.807) is 36.4 Å². The van der Waals surface area contributed by atoms with Gasteiger partial charge in [-0.15, -0.1) is 0 Å². The van der Waals surface area contributed by atoms with E-state index in [0.29, 0.717) is 36.6 Å². The molecule has 2 amide bonds. The molecular weight excluding hydrogens is 446 g/mol. The number of ether oxygens (including phenoxy) is 2. The van der Waals surface area contributed by atoms with Crippen LogP contribution in [0.25, 0.3) is 0 Å². The van der Waals surface area contributed by atoms with Crippen LogP contribution >= 0.6 is 0 Å². The fraction of sp³-hybridized carbons (Fsp3) is 0.391. The van der Waals surface area contributed by atoms with Crippen LogP contribution in [0.5, 0.6) is 11.5 Å². The van der Waals surface area contributed by atoms with Gasteiger partial charge in [0.05, 0.1) is 25.2 Å². The molecule has 0 bridgehead atoms. The Bertz CT molecular complexity index is 1050. The van der Waals surface area contributed by atoms with Crippen LogP contribution in [0.1, 0.15) is 19.8 Å². The third-order valence-corrected chi connectivity index (χ3v) is 7.31. The summed E-state index contributed by atoms with van der Waals surface area (Å²) in [5, 5.41) is 5.36. The number of piperidine rings is 1. The fourth-order valence-corrected chi connectivity index (χ4v) is 5.04. The van der Waals surface area contributed by atoms with Crippen molar-refractivity contribution in [3.8, 4) is 11.5 Å². The van der Waals surface area contributed by atoms with Crippen LogP contribution in [0.4, 0.5) is 5.69 Å². The van der Waals surface area contributed by atoms with E-state index in [9.17, 15) is 18.0 Å². The quantitative estimate of drug-likeness (QED) is 0.575. The second kappa shape index (κ2) is 11.2. The first-order valence-corrected chi connectivity index (χ1v) is 12.2.